The van der Waals surface area contributed by atoms with Crippen molar-refractivity contribution < 1.29 is 4.79 Å². The summed E-state index contributed by atoms with van der Waals surface area (Å²) in [6, 6.07) is 3.59. The van der Waals surface area contributed by atoms with Gasteiger partial charge in [-0.15, -0.1) is 0 Å². The molecule has 0 aromatic carbocycles. The van der Waals surface area contributed by atoms with E-state index in [9.17, 15) is 4.79 Å². The predicted molar refractivity (Wildman–Crippen MR) is 72.0 cm³/mol. The van der Waals surface area contributed by atoms with E-state index in [0.29, 0.717) is 11.4 Å². The van der Waals surface area contributed by atoms with Gasteiger partial charge in [-0.3, -0.25) is 4.79 Å². The van der Waals surface area contributed by atoms with E-state index < -0.39 is 0 Å². The summed E-state index contributed by atoms with van der Waals surface area (Å²) in [5, 5.41) is 0. The number of hydrazine groups is 1. The number of hydrogen-bond donors (Lipinski definition) is 2. The van der Waals surface area contributed by atoms with E-state index >= 15 is 0 Å². The number of pyridine rings is 1. The van der Waals surface area contributed by atoms with Gasteiger partial charge < -0.3 is 10.3 Å². The zero-order valence-corrected chi connectivity index (χ0v) is 11.1. The highest BCUT2D eigenvalue weighted by atomic mass is 32.2. The van der Waals surface area contributed by atoms with Crippen LogP contribution in [0.1, 0.15) is 17.3 Å². The second kappa shape index (κ2) is 6.46. The summed E-state index contributed by atoms with van der Waals surface area (Å²) in [5.74, 6) is 6.65. The average Bonchev–Trinajstić information content (AvgIpc) is 2.37. The van der Waals surface area contributed by atoms with Crippen LogP contribution < -0.4 is 11.3 Å². The summed E-state index contributed by atoms with van der Waals surface area (Å²) in [6.45, 7) is 2.03. The summed E-state index contributed by atoms with van der Waals surface area (Å²) in [4.78, 5) is 17.8. The largest absolute Gasteiger partial charge is 0.338 e. The topological polar surface area (TPSA) is 71.2 Å². The number of nitrogens with one attached hydrogen (secondary N) is 1. The number of amides is 1. The zero-order valence-electron chi connectivity index (χ0n) is 10.3. The number of hydrogen-bond acceptors (Lipinski definition) is 5. The fourth-order valence-electron chi connectivity index (χ4n) is 1.36. The summed E-state index contributed by atoms with van der Waals surface area (Å²) in [6.07, 6.45) is 3.55. The Bertz CT molecular complexity index is 368. The van der Waals surface area contributed by atoms with Crippen LogP contribution in [-0.2, 0) is 0 Å². The Hall–Kier alpha value is -1.27. The van der Waals surface area contributed by atoms with Crippen LogP contribution in [0.15, 0.2) is 18.3 Å². The second-order valence-corrected chi connectivity index (χ2v) is 4.71. The van der Waals surface area contributed by atoms with E-state index in [1.165, 1.54) is 6.20 Å². The Balaban J connectivity index is 2.74. The molecule has 1 unspecified atom stereocenters. The molecule has 1 rings (SSSR count). The lowest BCUT2D eigenvalue weighted by molar-refractivity contribution is 0.0757. The smallest absolute Gasteiger partial charge is 0.255 e. The van der Waals surface area contributed by atoms with Crippen LogP contribution in [0.4, 0.5) is 5.82 Å². The average molecular weight is 254 g/mol. The van der Waals surface area contributed by atoms with Crippen LogP contribution in [0.25, 0.3) is 0 Å². The first kappa shape index (κ1) is 13.8. The van der Waals surface area contributed by atoms with Gasteiger partial charge in [-0.05, 0) is 25.3 Å². The summed E-state index contributed by atoms with van der Waals surface area (Å²) < 4.78 is 0. The Morgan fingerprint density at radius 2 is 2.35 bits per heavy atom. The number of nitrogen functional groups attached to an aromatic ring is 1. The number of carbonyl (C=O) groups excluding carboxylic acids is 1. The molecular formula is C11H18N4OS. The third-order valence-corrected chi connectivity index (χ3v) is 3.36. The molecule has 1 aromatic rings. The van der Waals surface area contributed by atoms with Crippen LogP contribution in [0.2, 0.25) is 0 Å². The molecule has 0 aliphatic carbocycles. The van der Waals surface area contributed by atoms with E-state index in [2.05, 4.69) is 10.4 Å². The molecule has 0 fully saturated rings. The minimum absolute atomic E-state index is 0.0254. The summed E-state index contributed by atoms with van der Waals surface area (Å²) in [7, 11) is 1.80. The summed E-state index contributed by atoms with van der Waals surface area (Å²) >= 11 is 1.72. The molecule has 1 amide bonds. The van der Waals surface area contributed by atoms with E-state index in [0.717, 1.165) is 5.75 Å². The fourth-order valence-corrected chi connectivity index (χ4v) is 2.07. The number of nitrogens with two attached hydrogens (primary N) is 1. The van der Waals surface area contributed by atoms with Gasteiger partial charge in [0.05, 0.1) is 5.56 Å². The molecule has 0 bridgehead atoms. The summed E-state index contributed by atoms with van der Waals surface area (Å²) in [5.41, 5.74) is 2.99. The number of rotatable bonds is 5. The Kier molecular flexibility index (Phi) is 5.24. The van der Waals surface area contributed by atoms with Crippen LogP contribution in [0, 0.1) is 0 Å². The van der Waals surface area contributed by atoms with Gasteiger partial charge in [0.15, 0.2) is 0 Å². The van der Waals surface area contributed by atoms with Gasteiger partial charge in [-0.1, -0.05) is 0 Å². The lowest BCUT2D eigenvalue weighted by atomic mass is 10.2. The normalized spacial score (nSPS) is 12.0. The van der Waals surface area contributed by atoms with Crippen molar-refractivity contribution in [1.82, 2.24) is 9.88 Å². The molecule has 0 aliphatic heterocycles. The highest BCUT2D eigenvalue weighted by Gasteiger charge is 2.17. The molecule has 1 aromatic heterocycles. The van der Waals surface area contributed by atoms with Crippen molar-refractivity contribution in [3.05, 3.63) is 23.9 Å². The number of aromatic nitrogens is 1. The standard InChI is InChI=1S/C11H18N4OS/c1-8(7-17-3)15(2)11(16)9-4-5-10(14-12)13-6-9/h4-6,8H,7,12H2,1-3H3,(H,13,14). The molecule has 5 nitrogen and oxygen atoms in total. The van der Waals surface area contributed by atoms with Crippen molar-refractivity contribution in [1.29, 1.82) is 0 Å². The molecule has 1 atom stereocenters. The van der Waals surface area contributed by atoms with Crippen molar-refractivity contribution in [2.45, 2.75) is 13.0 Å². The Morgan fingerprint density at radius 3 is 2.82 bits per heavy atom. The van der Waals surface area contributed by atoms with Gasteiger partial charge >= 0.3 is 0 Å². The van der Waals surface area contributed by atoms with Gasteiger partial charge in [-0.2, -0.15) is 11.8 Å². The number of thioether (sulfide) groups is 1. The fraction of sp³-hybridized carbons (Fsp3) is 0.455. The maximum absolute atomic E-state index is 12.1. The van der Waals surface area contributed by atoms with Crippen molar-refractivity contribution in [3.8, 4) is 0 Å². The van der Waals surface area contributed by atoms with E-state index in [4.69, 9.17) is 5.84 Å². The number of anilines is 1. The highest BCUT2D eigenvalue weighted by molar-refractivity contribution is 7.98. The van der Waals surface area contributed by atoms with Crippen molar-refractivity contribution in [2.24, 2.45) is 5.84 Å². The molecule has 0 radical (unpaired) electrons. The third kappa shape index (κ3) is 3.61. The number of nitrogens with zero attached hydrogens (tertiary/aromatic N) is 2. The van der Waals surface area contributed by atoms with Crippen LogP contribution in [0.3, 0.4) is 0 Å². The zero-order chi connectivity index (χ0) is 12.8. The minimum Gasteiger partial charge on any atom is -0.338 e. The van der Waals surface area contributed by atoms with E-state index in [1.54, 1.807) is 35.8 Å². The molecule has 6 heteroatoms. The van der Waals surface area contributed by atoms with Gasteiger partial charge in [0.25, 0.3) is 5.91 Å². The first-order valence-electron chi connectivity index (χ1n) is 5.29. The van der Waals surface area contributed by atoms with E-state index in [1.807, 2.05) is 13.2 Å². The quantitative estimate of drug-likeness (QED) is 0.610. The lowest BCUT2D eigenvalue weighted by Crippen LogP contribution is -2.36. The van der Waals surface area contributed by atoms with Crippen LogP contribution in [-0.4, -0.2) is 40.9 Å². The van der Waals surface area contributed by atoms with Gasteiger partial charge in [0, 0.05) is 25.0 Å². The SMILES string of the molecule is CSCC(C)N(C)C(=O)c1ccc(NN)nc1. The maximum Gasteiger partial charge on any atom is 0.255 e. The van der Waals surface area contributed by atoms with Gasteiger partial charge in [0.2, 0.25) is 0 Å². The molecule has 1 heterocycles. The molecule has 3 N–H and O–H groups in total. The Labute approximate surface area is 106 Å². The maximum atomic E-state index is 12.1. The van der Waals surface area contributed by atoms with Crippen molar-refractivity contribution in [2.75, 3.05) is 24.5 Å². The second-order valence-electron chi connectivity index (χ2n) is 3.80. The number of carbonyl (C=O) groups is 1. The van der Waals surface area contributed by atoms with E-state index in [-0.39, 0.29) is 11.9 Å². The molecule has 0 saturated heterocycles. The van der Waals surface area contributed by atoms with Crippen molar-refractivity contribution in [3.63, 3.8) is 0 Å². The molecule has 0 spiro atoms. The first-order valence-corrected chi connectivity index (χ1v) is 6.68. The molecule has 0 aliphatic rings. The van der Waals surface area contributed by atoms with Crippen LogP contribution >= 0.6 is 11.8 Å². The lowest BCUT2D eigenvalue weighted by Gasteiger charge is -2.24. The van der Waals surface area contributed by atoms with Gasteiger partial charge in [-0.25, -0.2) is 10.8 Å². The monoisotopic (exact) mass is 254 g/mol. The van der Waals surface area contributed by atoms with Gasteiger partial charge in [0.1, 0.15) is 5.82 Å². The molecule has 17 heavy (non-hydrogen) atoms. The van der Waals surface area contributed by atoms with Crippen molar-refractivity contribution >= 4 is 23.5 Å². The Morgan fingerprint density at radius 1 is 1.65 bits per heavy atom. The van der Waals surface area contributed by atoms with Crippen LogP contribution in [0.5, 0.6) is 0 Å². The molecule has 0 saturated carbocycles. The predicted octanol–water partition coefficient (Wildman–Crippen LogP) is 1.19. The highest BCUT2D eigenvalue weighted by Crippen LogP contribution is 2.10. The minimum atomic E-state index is -0.0254. The molecular weight excluding hydrogens is 236 g/mol. The third-order valence-electron chi connectivity index (χ3n) is 2.55. The molecule has 94 valence electrons. The first-order chi connectivity index (χ1) is 8.10.